The van der Waals surface area contributed by atoms with Crippen LogP contribution in [0.5, 0.6) is 0 Å². The lowest BCUT2D eigenvalue weighted by molar-refractivity contribution is -0.128. The van der Waals surface area contributed by atoms with Crippen LogP contribution in [0.4, 0.5) is 9.18 Å². The number of nitrogens with two attached hydrogens (primary N) is 1. The van der Waals surface area contributed by atoms with Gasteiger partial charge in [0.2, 0.25) is 15.9 Å². The van der Waals surface area contributed by atoms with E-state index in [0.717, 1.165) is 6.42 Å². The van der Waals surface area contributed by atoms with Crippen LogP contribution in [0.2, 0.25) is 0 Å². The first-order valence-electron chi connectivity index (χ1n) is 13.3. The van der Waals surface area contributed by atoms with Gasteiger partial charge in [-0.3, -0.25) is 9.69 Å². The Morgan fingerprint density at radius 3 is 2.40 bits per heavy atom. The molecule has 1 saturated heterocycles. The smallest absolute Gasteiger partial charge is 0.411 e. The number of hydrogen-bond acceptors (Lipinski definition) is 6. The second-order valence-corrected chi connectivity index (χ2v) is 13.6. The topological polar surface area (TPSA) is 143 Å². The number of rotatable bonds is 6. The number of nitrogens with zero attached hydrogens (tertiary/aromatic N) is 2. The Balaban J connectivity index is 1.29. The van der Waals surface area contributed by atoms with Crippen LogP contribution in [0.25, 0.3) is 11.1 Å². The number of fused-ring (bicyclic) bond motifs is 5. The summed E-state index contributed by atoms with van der Waals surface area (Å²) >= 11 is 0. The fourth-order valence-electron chi connectivity index (χ4n) is 6.67. The lowest BCUT2D eigenvalue weighted by Crippen LogP contribution is -2.56. The van der Waals surface area contributed by atoms with Gasteiger partial charge in [-0.15, -0.1) is 0 Å². The van der Waals surface area contributed by atoms with Crippen molar-refractivity contribution in [1.29, 1.82) is 5.26 Å². The van der Waals surface area contributed by atoms with Crippen molar-refractivity contribution in [3.63, 3.8) is 0 Å². The number of nitriles is 1. The lowest BCUT2D eigenvalue weighted by Gasteiger charge is -2.35. The third-order valence-corrected chi connectivity index (χ3v) is 9.30. The maximum atomic E-state index is 15.1. The van der Waals surface area contributed by atoms with Crippen molar-refractivity contribution in [2.75, 3.05) is 0 Å². The molecule has 3 unspecified atom stereocenters. The molecule has 7 atom stereocenters. The van der Waals surface area contributed by atoms with E-state index in [2.05, 4.69) is 18.3 Å². The molecule has 5 rings (SSSR count). The molecule has 0 radical (unpaired) electrons. The van der Waals surface area contributed by atoms with E-state index in [1.807, 2.05) is 0 Å². The highest BCUT2D eigenvalue weighted by molar-refractivity contribution is 7.89. The Labute approximate surface area is 233 Å². The molecule has 212 valence electrons. The van der Waals surface area contributed by atoms with Crippen LogP contribution < -0.4 is 10.5 Å². The van der Waals surface area contributed by atoms with Gasteiger partial charge in [-0.2, -0.15) is 5.26 Å². The normalized spacial score (nSPS) is 27.5. The van der Waals surface area contributed by atoms with E-state index in [0.29, 0.717) is 28.9 Å². The lowest BCUT2D eigenvalue weighted by atomic mass is 9.94. The summed E-state index contributed by atoms with van der Waals surface area (Å²) in [5, 5.41) is 17.7. The Morgan fingerprint density at radius 2 is 1.82 bits per heavy atom. The number of likely N-dealkylation sites (tertiary alicyclic amines) is 1. The average molecular weight is 569 g/mol. The summed E-state index contributed by atoms with van der Waals surface area (Å²) in [7, 11) is -3.84. The van der Waals surface area contributed by atoms with Gasteiger partial charge in [0.25, 0.3) is 0 Å². The predicted octanol–water partition coefficient (Wildman–Crippen LogP) is 3.58. The third kappa shape index (κ3) is 5.18. The van der Waals surface area contributed by atoms with E-state index in [1.54, 1.807) is 31.7 Å². The van der Waals surface area contributed by atoms with Crippen molar-refractivity contribution in [2.45, 2.75) is 69.2 Å². The molecule has 2 aromatic rings. The quantitative estimate of drug-likeness (QED) is 0.545. The van der Waals surface area contributed by atoms with Crippen LogP contribution in [0.1, 0.15) is 39.7 Å². The summed E-state index contributed by atoms with van der Waals surface area (Å²) < 4.78 is 43.7. The fourth-order valence-corrected chi connectivity index (χ4v) is 7.19. The van der Waals surface area contributed by atoms with Crippen LogP contribution in [0.15, 0.2) is 47.4 Å². The number of carbonyl (C=O) groups excluding carboxylic acids is 2. The van der Waals surface area contributed by atoms with Gasteiger partial charge in [-0.1, -0.05) is 31.2 Å². The largest absolute Gasteiger partial charge is 0.444 e. The Kier molecular flexibility index (Phi) is 6.91. The molecule has 11 heteroatoms. The Bertz CT molecular complexity index is 1500. The summed E-state index contributed by atoms with van der Waals surface area (Å²) in [4.78, 5) is 28.2. The first-order valence-corrected chi connectivity index (χ1v) is 14.9. The summed E-state index contributed by atoms with van der Waals surface area (Å²) in [5.74, 6) is 0.207. The first-order chi connectivity index (χ1) is 18.7. The van der Waals surface area contributed by atoms with E-state index in [4.69, 9.17) is 9.88 Å². The molecule has 40 heavy (non-hydrogen) atoms. The molecule has 3 N–H and O–H groups in total. The average Bonchev–Trinajstić information content (AvgIpc) is 3.20. The van der Waals surface area contributed by atoms with Crippen LogP contribution in [0, 0.1) is 40.8 Å². The molecular weight excluding hydrogens is 535 g/mol. The predicted molar refractivity (Wildman–Crippen MR) is 144 cm³/mol. The van der Waals surface area contributed by atoms with Crippen LogP contribution in [0.3, 0.4) is 0 Å². The van der Waals surface area contributed by atoms with Crippen molar-refractivity contribution < 1.29 is 27.1 Å². The van der Waals surface area contributed by atoms with Gasteiger partial charge in [-0.25, -0.2) is 22.7 Å². The van der Waals surface area contributed by atoms with E-state index in [-0.39, 0.29) is 28.8 Å². The first kappa shape index (κ1) is 28.1. The number of halogens is 1. The van der Waals surface area contributed by atoms with E-state index in [9.17, 15) is 23.3 Å². The van der Waals surface area contributed by atoms with Crippen molar-refractivity contribution in [2.24, 2.45) is 28.8 Å². The minimum Gasteiger partial charge on any atom is -0.444 e. The standard InChI is InChI=1S/C29H33FN4O5S/c1-15-24-21-13-23(25(15)24)34(28(36)39-29(2,3)4)26(21)27(35)33-19(14-31)11-18-6-5-17(12-22(18)30)16-7-9-20(10-8-16)40(32,37)38/h5-10,12,15,19,21,23-26H,11,13H2,1-4H3,(H,33,35)(H2,32,37,38)/t15?,19-,21+,23-,24?,25?,26-/m0/s1. The molecule has 0 aromatic heterocycles. The minimum atomic E-state index is -3.84. The summed E-state index contributed by atoms with van der Waals surface area (Å²) in [5.41, 5.74) is 0.638. The number of primary sulfonamides is 1. The fraction of sp³-hybridized carbons (Fsp3) is 0.483. The number of amides is 2. The molecule has 0 spiro atoms. The monoisotopic (exact) mass is 568 g/mol. The zero-order valence-corrected chi connectivity index (χ0v) is 23.6. The second kappa shape index (κ2) is 9.85. The molecule has 3 aliphatic rings. The molecule has 1 aliphatic heterocycles. The number of benzene rings is 2. The number of ether oxygens (including phenoxy) is 1. The molecular formula is C29H33FN4O5S. The molecule has 2 amide bonds. The van der Waals surface area contributed by atoms with Gasteiger partial charge in [-0.05, 0) is 85.8 Å². The SMILES string of the molecule is CC1C2C1[C@@H]1C[C@H]2[C@@H](C(=O)N[C@H](C#N)Cc2ccc(-c3ccc(S(N)(=O)=O)cc3)cc2F)N1C(=O)OC(C)(C)C. The van der Waals surface area contributed by atoms with Crippen molar-refractivity contribution >= 4 is 22.0 Å². The van der Waals surface area contributed by atoms with E-state index >= 15 is 4.39 Å². The third-order valence-electron chi connectivity index (χ3n) is 8.37. The molecule has 2 aliphatic carbocycles. The summed E-state index contributed by atoms with van der Waals surface area (Å²) in [6.07, 6.45) is 0.154. The van der Waals surface area contributed by atoms with E-state index < -0.39 is 45.5 Å². The molecule has 9 nitrogen and oxygen atoms in total. The number of sulfonamides is 1. The second-order valence-electron chi connectivity index (χ2n) is 12.1. The number of carbonyl (C=O) groups is 2. The highest BCUT2D eigenvalue weighted by Crippen LogP contribution is 2.67. The van der Waals surface area contributed by atoms with Crippen LogP contribution in [-0.2, 0) is 26.0 Å². The van der Waals surface area contributed by atoms with Crippen molar-refractivity contribution in [1.82, 2.24) is 10.2 Å². The summed E-state index contributed by atoms with van der Waals surface area (Å²) in [6, 6.07) is 10.5. The molecule has 2 aromatic carbocycles. The zero-order valence-electron chi connectivity index (χ0n) is 22.8. The van der Waals surface area contributed by atoms with Gasteiger partial charge in [0.05, 0.1) is 11.0 Å². The van der Waals surface area contributed by atoms with Crippen LogP contribution >= 0.6 is 0 Å². The van der Waals surface area contributed by atoms with Gasteiger partial charge in [0.15, 0.2) is 0 Å². The van der Waals surface area contributed by atoms with E-state index in [1.165, 1.54) is 36.4 Å². The summed E-state index contributed by atoms with van der Waals surface area (Å²) in [6.45, 7) is 7.48. The number of piperidine rings is 1. The van der Waals surface area contributed by atoms with Crippen LogP contribution in [-0.4, -0.2) is 49.0 Å². The molecule has 2 saturated carbocycles. The maximum Gasteiger partial charge on any atom is 0.411 e. The molecule has 1 heterocycles. The Hall–Kier alpha value is -3.49. The number of hydrogen-bond donors (Lipinski definition) is 2. The maximum absolute atomic E-state index is 15.1. The Morgan fingerprint density at radius 1 is 1.18 bits per heavy atom. The van der Waals surface area contributed by atoms with Crippen molar-refractivity contribution in [3.8, 4) is 17.2 Å². The zero-order chi connectivity index (χ0) is 29.1. The minimum absolute atomic E-state index is 0.00790. The van der Waals surface area contributed by atoms with Gasteiger partial charge in [0, 0.05) is 12.5 Å². The van der Waals surface area contributed by atoms with Crippen molar-refractivity contribution in [3.05, 3.63) is 53.8 Å². The molecule has 2 bridgehead atoms. The number of nitrogens with one attached hydrogen (secondary N) is 1. The molecule has 3 fully saturated rings. The highest BCUT2D eigenvalue weighted by atomic mass is 32.2. The van der Waals surface area contributed by atoms with Gasteiger partial charge in [0.1, 0.15) is 23.5 Å². The van der Waals surface area contributed by atoms with Gasteiger partial charge < -0.3 is 10.1 Å². The highest BCUT2D eigenvalue weighted by Gasteiger charge is 2.71. The van der Waals surface area contributed by atoms with Gasteiger partial charge >= 0.3 is 6.09 Å².